The van der Waals surface area contributed by atoms with E-state index in [1.165, 1.54) is 6.07 Å². The number of rotatable bonds is 6. The van der Waals surface area contributed by atoms with Gasteiger partial charge in [-0.15, -0.1) is 0 Å². The van der Waals surface area contributed by atoms with E-state index in [1.807, 2.05) is 6.08 Å². The van der Waals surface area contributed by atoms with Crippen LogP contribution >= 0.6 is 0 Å². The van der Waals surface area contributed by atoms with Crippen molar-refractivity contribution in [3.63, 3.8) is 0 Å². The Morgan fingerprint density at radius 2 is 2.22 bits per heavy atom. The molecule has 2 aliphatic heterocycles. The van der Waals surface area contributed by atoms with E-state index in [0.717, 1.165) is 24.2 Å². The van der Waals surface area contributed by atoms with Crippen LogP contribution in [0.15, 0.2) is 47.9 Å². The number of carbonyl (C=O) groups is 1. The number of amides is 1. The maximum atomic E-state index is 13.7. The molecule has 7 nitrogen and oxygen atoms in total. The number of carbonyl (C=O) groups excluding carboxylic acids is 1. The van der Waals surface area contributed by atoms with Crippen LogP contribution in [-0.4, -0.2) is 49.4 Å². The molecule has 0 saturated carbocycles. The van der Waals surface area contributed by atoms with Crippen molar-refractivity contribution in [3.05, 3.63) is 53.8 Å². The fourth-order valence-electron chi connectivity index (χ4n) is 3.28. The third kappa shape index (κ3) is 4.58. The molecular weight excluding hydrogens is 347 g/mol. The molecule has 0 radical (unpaired) electrons. The molecular formula is C19H25FN6O. The lowest BCUT2D eigenvalue weighted by Gasteiger charge is -2.34. The van der Waals surface area contributed by atoms with Gasteiger partial charge in [0.05, 0.1) is 17.8 Å². The topological polar surface area (TPSA) is 92.3 Å². The SMILES string of the molecule is CN/C(N[C@H]1CCCN(C(=O)CNc2ccccc2F)C1)=C1/C=CNC1=N. The first kappa shape index (κ1) is 18.8. The van der Waals surface area contributed by atoms with Crippen LogP contribution in [0.2, 0.25) is 0 Å². The maximum absolute atomic E-state index is 13.7. The van der Waals surface area contributed by atoms with Crippen LogP contribution in [0.5, 0.6) is 0 Å². The molecule has 0 spiro atoms. The predicted molar refractivity (Wildman–Crippen MR) is 104 cm³/mol. The standard InChI is InChI=1S/C19H25FN6O/c1-22-19(14-8-9-23-18(14)21)25-13-5-4-10-26(12-13)17(27)11-24-16-7-3-2-6-15(16)20/h2-3,6-9,13,22,24-25H,4-5,10-12H2,1H3,(H2,21,23)/b19-14+/t13-/m0/s1. The zero-order chi connectivity index (χ0) is 19.2. The van der Waals surface area contributed by atoms with E-state index in [4.69, 9.17) is 5.41 Å². The van der Waals surface area contributed by atoms with E-state index in [9.17, 15) is 9.18 Å². The van der Waals surface area contributed by atoms with Crippen molar-refractivity contribution in [3.8, 4) is 0 Å². The number of piperidine rings is 1. The summed E-state index contributed by atoms with van der Waals surface area (Å²) in [6, 6.07) is 6.42. The quantitative estimate of drug-likeness (QED) is 0.520. The molecule has 1 atom stereocenters. The van der Waals surface area contributed by atoms with E-state index in [2.05, 4.69) is 21.3 Å². The smallest absolute Gasteiger partial charge is 0.241 e. The molecule has 2 aliphatic rings. The lowest BCUT2D eigenvalue weighted by atomic mass is 10.1. The van der Waals surface area contributed by atoms with Gasteiger partial charge in [-0.3, -0.25) is 10.2 Å². The molecule has 2 heterocycles. The molecule has 8 heteroatoms. The first-order valence-corrected chi connectivity index (χ1v) is 9.05. The van der Waals surface area contributed by atoms with Crippen molar-refractivity contribution in [2.75, 3.05) is 32.0 Å². The normalized spacial score (nSPS) is 20.9. The molecule has 144 valence electrons. The highest BCUT2D eigenvalue weighted by Crippen LogP contribution is 2.15. The third-order valence-corrected chi connectivity index (χ3v) is 4.69. The number of likely N-dealkylation sites (tertiary alicyclic amines) is 1. The van der Waals surface area contributed by atoms with Crippen LogP contribution in [0.25, 0.3) is 0 Å². The Labute approximate surface area is 158 Å². The van der Waals surface area contributed by atoms with Crippen LogP contribution in [0.3, 0.4) is 0 Å². The summed E-state index contributed by atoms with van der Waals surface area (Å²) in [7, 11) is 1.80. The minimum Gasteiger partial charge on any atom is -0.374 e. The highest BCUT2D eigenvalue weighted by molar-refractivity contribution is 6.02. The van der Waals surface area contributed by atoms with Gasteiger partial charge in [0, 0.05) is 32.4 Å². The van der Waals surface area contributed by atoms with Crippen LogP contribution in [0, 0.1) is 11.2 Å². The van der Waals surface area contributed by atoms with Crippen molar-refractivity contribution < 1.29 is 9.18 Å². The minimum atomic E-state index is -0.366. The second kappa shape index (κ2) is 8.57. The zero-order valence-corrected chi connectivity index (χ0v) is 15.3. The Kier molecular flexibility index (Phi) is 5.95. The van der Waals surface area contributed by atoms with E-state index in [-0.39, 0.29) is 24.3 Å². The van der Waals surface area contributed by atoms with Crippen molar-refractivity contribution in [1.29, 1.82) is 5.41 Å². The Balaban J connectivity index is 1.57. The second-order valence-electron chi connectivity index (χ2n) is 6.55. The van der Waals surface area contributed by atoms with Gasteiger partial charge in [-0.1, -0.05) is 12.1 Å². The monoisotopic (exact) mass is 372 g/mol. The molecule has 1 saturated heterocycles. The molecule has 1 aromatic carbocycles. The Morgan fingerprint density at radius 1 is 1.41 bits per heavy atom. The number of halogens is 1. The molecule has 0 unspecified atom stereocenters. The zero-order valence-electron chi connectivity index (χ0n) is 15.3. The van der Waals surface area contributed by atoms with Crippen LogP contribution in [0.1, 0.15) is 12.8 Å². The van der Waals surface area contributed by atoms with Crippen molar-refractivity contribution >= 4 is 17.4 Å². The number of amidine groups is 1. The number of hydrogen-bond donors (Lipinski definition) is 5. The summed E-state index contributed by atoms with van der Waals surface area (Å²) in [6.45, 7) is 1.32. The van der Waals surface area contributed by atoms with Gasteiger partial charge in [0.2, 0.25) is 5.91 Å². The molecule has 5 N–H and O–H groups in total. The summed E-state index contributed by atoms with van der Waals surface area (Å²) in [5, 5.41) is 20.1. The Morgan fingerprint density at radius 3 is 2.93 bits per heavy atom. The molecule has 27 heavy (non-hydrogen) atoms. The average Bonchev–Trinajstić information content (AvgIpc) is 3.11. The fraction of sp³-hybridized carbons (Fsp3) is 0.368. The number of hydrogen-bond acceptors (Lipinski definition) is 5. The number of para-hydroxylation sites is 1. The predicted octanol–water partition coefficient (Wildman–Crippen LogP) is 1.34. The van der Waals surface area contributed by atoms with Crippen molar-refractivity contribution in [1.82, 2.24) is 20.9 Å². The number of nitrogens with zero attached hydrogens (tertiary/aromatic N) is 1. The van der Waals surface area contributed by atoms with Gasteiger partial charge >= 0.3 is 0 Å². The van der Waals surface area contributed by atoms with Gasteiger partial charge in [-0.2, -0.15) is 0 Å². The number of anilines is 1. The van der Waals surface area contributed by atoms with E-state index < -0.39 is 0 Å². The molecule has 0 aromatic heterocycles. The largest absolute Gasteiger partial charge is 0.374 e. The summed E-state index contributed by atoms with van der Waals surface area (Å²) in [5.41, 5.74) is 1.10. The maximum Gasteiger partial charge on any atom is 0.241 e. The van der Waals surface area contributed by atoms with Crippen LogP contribution in [0.4, 0.5) is 10.1 Å². The van der Waals surface area contributed by atoms with E-state index in [0.29, 0.717) is 24.6 Å². The minimum absolute atomic E-state index is 0.0569. The molecule has 1 fully saturated rings. The number of nitrogens with one attached hydrogen (secondary N) is 5. The molecule has 0 bridgehead atoms. The summed E-state index contributed by atoms with van der Waals surface area (Å²) in [5.74, 6) is 0.683. The van der Waals surface area contributed by atoms with E-state index >= 15 is 0 Å². The molecule has 1 amide bonds. The Bertz CT molecular complexity index is 775. The first-order valence-electron chi connectivity index (χ1n) is 9.05. The van der Waals surface area contributed by atoms with E-state index in [1.54, 1.807) is 36.3 Å². The van der Waals surface area contributed by atoms with Crippen molar-refractivity contribution in [2.24, 2.45) is 0 Å². The highest BCUT2D eigenvalue weighted by Gasteiger charge is 2.25. The van der Waals surface area contributed by atoms with Gasteiger partial charge in [0.25, 0.3) is 0 Å². The van der Waals surface area contributed by atoms with Gasteiger partial charge < -0.3 is 26.2 Å². The number of benzene rings is 1. The summed E-state index contributed by atoms with van der Waals surface area (Å²) in [4.78, 5) is 14.3. The summed E-state index contributed by atoms with van der Waals surface area (Å²) < 4.78 is 13.7. The lowest BCUT2D eigenvalue weighted by molar-refractivity contribution is -0.130. The van der Waals surface area contributed by atoms with Gasteiger partial charge in [0.1, 0.15) is 17.5 Å². The van der Waals surface area contributed by atoms with Gasteiger partial charge in [-0.25, -0.2) is 4.39 Å². The van der Waals surface area contributed by atoms with Crippen LogP contribution in [-0.2, 0) is 4.79 Å². The molecule has 0 aliphatic carbocycles. The van der Waals surface area contributed by atoms with Crippen LogP contribution < -0.4 is 21.3 Å². The third-order valence-electron chi connectivity index (χ3n) is 4.69. The summed E-state index contributed by atoms with van der Waals surface area (Å²) in [6.07, 6.45) is 5.39. The summed E-state index contributed by atoms with van der Waals surface area (Å²) >= 11 is 0. The van der Waals surface area contributed by atoms with Crippen molar-refractivity contribution in [2.45, 2.75) is 18.9 Å². The molecule has 1 aromatic rings. The first-order chi connectivity index (χ1) is 13.1. The second-order valence-corrected chi connectivity index (χ2v) is 6.55. The fourth-order valence-corrected chi connectivity index (χ4v) is 3.28. The lowest BCUT2D eigenvalue weighted by Crippen LogP contribution is -2.50. The van der Waals surface area contributed by atoms with Gasteiger partial charge in [0.15, 0.2) is 0 Å². The van der Waals surface area contributed by atoms with Gasteiger partial charge in [-0.05, 0) is 31.1 Å². The average molecular weight is 372 g/mol. The highest BCUT2D eigenvalue weighted by atomic mass is 19.1. The molecule has 3 rings (SSSR count). The Hall–Kier alpha value is -3.03.